The Hall–Kier alpha value is -0.780. The lowest BCUT2D eigenvalue weighted by atomic mass is 9.79. The fourth-order valence-electron chi connectivity index (χ4n) is 2.40. The largest absolute Gasteiger partial charge is 0.389 e. The van der Waals surface area contributed by atoms with Crippen molar-refractivity contribution in [3.63, 3.8) is 0 Å². The van der Waals surface area contributed by atoms with Crippen LogP contribution in [0.15, 0.2) is 0 Å². The summed E-state index contributed by atoms with van der Waals surface area (Å²) in [5.74, 6) is -0.269. The van der Waals surface area contributed by atoms with E-state index in [-0.39, 0.29) is 6.54 Å². The molecule has 0 saturated heterocycles. The van der Waals surface area contributed by atoms with Crippen LogP contribution in [-0.4, -0.2) is 29.3 Å². The Balaban J connectivity index is 2.29. The van der Waals surface area contributed by atoms with E-state index < -0.39 is 30.5 Å². The molecule has 2 atom stereocenters. The lowest BCUT2D eigenvalue weighted by Crippen LogP contribution is -2.45. The normalized spacial score (nSPS) is 29.1. The second-order valence-electron chi connectivity index (χ2n) is 5.32. The molecule has 2 N–H and O–H groups in total. The van der Waals surface area contributed by atoms with Crippen LogP contribution in [0, 0.1) is 5.92 Å². The second kappa shape index (κ2) is 5.91. The maximum atomic E-state index is 11.9. The van der Waals surface area contributed by atoms with E-state index in [1.165, 1.54) is 0 Å². The summed E-state index contributed by atoms with van der Waals surface area (Å²) in [5.41, 5.74) is -0.953. The molecule has 0 aromatic heterocycles. The van der Waals surface area contributed by atoms with Crippen molar-refractivity contribution < 1.29 is 23.1 Å². The van der Waals surface area contributed by atoms with Crippen molar-refractivity contribution in [2.45, 2.75) is 57.2 Å². The number of alkyl halides is 3. The zero-order chi connectivity index (χ0) is 13.8. The van der Waals surface area contributed by atoms with Gasteiger partial charge in [0, 0.05) is 13.0 Å². The van der Waals surface area contributed by atoms with E-state index in [0.29, 0.717) is 18.8 Å². The third-order valence-corrected chi connectivity index (χ3v) is 3.32. The van der Waals surface area contributed by atoms with Gasteiger partial charge in [-0.25, -0.2) is 0 Å². The highest BCUT2D eigenvalue weighted by molar-refractivity contribution is 5.75. The van der Waals surface area contributed by atoms with Gasteiger partial charge in [0.1, 0.15) is 0 Å². The van der Waals surface area contributed by atoms with E-state index in [1.54, 1.807) is 0 Å². The van der Waals surface area contributed by atoms with Crippen LogP contribution >= 0.6 is 0 Å². The van der Waals surface area contributed by atoms with Gasteiger partial charge in [-0.1, -0.05) is 19.8 Å². The van der Waals surface area contributed by atoms with Crippen molar-refractivity contribution in [3.8, 4) is 0 Å². The van der Waals surface area contributed by atoms with Gasteiger partial charge in [-0.3, -0.25) is 4.79 Å². The molecule has 0 radical (unpaired) electrons. The molecule has 1 amide bonds. The summed E-state index contributed by atoms with van der Waals surface area (Å²) in [6.45, 7) is 2.07. The third kappa shape index (κ3) is 5.71. The minimum absolute atomic E-state index is 0.0496. The van der Waals surface area contributed by atoms with Crippen molar-refractivity contribution in [2.75, 3.05) is 6.54 Å². The fourth-order valence-corrected chi connectivity index (χ4v) is 2.40. The second-order valence-corrected chi connectivity index (χ2v) is 5.32. The molecule has 106 valence electrons. The predicted molar refractivity (Wildman–Crippen MR) is 60.9 cm³/mol. The van der Waals surface area contributed by atoms with E-state index in [2.05, 4.69) is 5.32 Å². The first-order chi connectivity index (χ1) is 8.20. The number of carbonyl (C=O) groups is 1. The van der Waals surface area contributed by atoms with E-state index in [0.717, 1.165) is 12.8 Å². The number of rotatable bonds is 4. The monoisotopic (exact) mass is 267 g/mol. The number of aliphatic hydroxyl groups is 1. The zero-order valence-electron chi connectivity index (χ0n) is 10.5. The number of carbonyl (C=O) groups excluding carboxylic acids is 1. The van der Waals surface area contributed by atoms with E-state index in [9.17, 15) is 23.1 Å². The Morgan fingerprint density at radius 3 is 2.72 bits per heavy atom. The molecule has 1 aliphatic carbocycles. The standard InChI is InChI=1S/C12H20F3NO2/c1-9-3-2-5-11(18,7-9)8-16-10(17)4-6-12(13,14)15/h9,18H,2-8H2,1H3,(H,16,17). The van der Waals surface area contributed by atoms with Gasteiger partial charge in [0.05, 0.1) is 12.0 Å². The van der Waals surface area contributed by atoms with Crippen LogP contribution in [0.4, 0.5) is 13.2 Å². The molecule has 1 aliphatic rings. The van der Waals surface area contributed by atoms with Crippen LogP contribution in [0.25, 0.3) is 0 Å². The van der Waals surface area contributed by atoms with E-state index in [1.807, 2.05) is 6.92 Å². The SMILES string of the molecule is CC1CCCC(O)(CNC(=O)CCC(F)(F)F)C1. The Kier molecular flexibility index (Phi) is 5.01. The smallest absolute Gasteiger partial charge is 0.388 e. The highest BCUT2D eigenvalue weighted by atomic mass is 19.4. The summed E-state index contributed by atoms with van der Waals surface area (Å²) in [6.07, 6.45) is -2.89. The number of nitrogens with one attached hydrogen (secondary N) is 1. The van der Waals surface area contributed by atoms with Crippen LogP contribution in [0.5, 0.6) is 0 Å². The van der Waals surface area contributed by atoms with Gasteiger partial charge in [-0.2, -0.15) is 13.2 Å². The molecule has 0 bridgehead atoms. The van der Waals surface area contributed by atoms with E-state index >= 15 is 0 Å². The van der Waals surface area contributed by atoms with Crippen molar-refractivity contribution in [2.24, 2.45) is 5.92 Å². The Morgan fingerprint density at radius 2 is 2.17 bits per heavy atom. The molecule has 0 aliphatic heterocycles. The predicted octanol–water partition coefficient (Wildman–Crippen LogP) is 2.39. The molecule has 6 heteroatoms. The third-order valence-electron chi connectivity index (χ3n) is 3.32. The zero-order valence-corrected chi connectivity index (χ0v) is 10.5. The van der Waals surface area contributed by atoms with Crippen LogP contribution < -0.4 is 5.32 Å². The number of hydrogen-bond acceptors (Lipinski definition) is 2. The van der Waals surface area contributed by atoms with Gasteiger partial charge in [0.2, 0.25) is 5.91 Å². The molecular weight excluding hydrogens is 247 g/mol. The maximum Gasteiger partial charge on any atom is 0.389 e. The molecule has 0 aromatic carbocycles. The lowest BCUT2D eigenvalue weighted by molar-refractivity contribution is -0.144. The van der Waals surface area contributed by atoms with Gasteiger partial charge in [-0.15, -0.1) is 0 Å². The van der Waals surface area contributed by atoms with Gasteiger partial charge >= 0.3 is 6.18 Å². The van der Waals surface area contributed by atoms with Gasteiger partial charge in [0.15, 0.2) is 0 Å². The van der Waals surface area contributed by atoms with Crippen LogP contribution in [0.1, 0.15) is 45.4 Å². The van der Waals surface area contributed by atoms with Crippen molar-refractivity contribution in [3.05, 3.63) is 0 Å². The lowest BCUT2D eigenvalue weighted by Gasteiger charge is -2.35. The fraction of sp³-hybridized carbons (Fsp3) is 0.917. The summed E-state index contributed by atoms with van der Waals surface area (Å²) in [6, 6.07) is 0. The average Bonchev–Trinajstić information content (AvgIpc) is 2.22. The molecular formula is C12H20F3NO2. The number of hydrogen-bond donors (Lipinski definition) is 2. The molecule has 1 fully saturated rings. The molecule has 3 nitrogen and oxygen atoms in total. The molecule has 0 aromatic rings. The van der Waals surface area contributed by atoms with Crippen LogP contribution in [-0.2, 0) is 4.79 Å². The Labute approximate surface area is 105 Å². The van der Waals surface area contributed by atoms with Crippen molar-refractivity contribution in [1.82, 2.24) is 5.32 Å². The van der Waals surface area contributed by atoms with Gasteiger partial charge in [-0.05, 0) is 18.8 Å². The topological polar surface area (TPSA) is 49.3 Å². The Morgan fingerprint density at radius 1 is 1.50 bits per heavy atom. The minimum Gasteiger partial charge on any atom is -0.388 e. The molecule has 18 heavy (non-hydrogen) atoms. The summed E-state index contributed by atoms with van der Waals surface area (Å²) in [4.78, 5) is 11.2. The molecule has 2 unspecified atom stereocenters. The average molecular weight is 267 g/mol. The maximum absolute atomic E-state index is 11.9. The molecule has 0 heterocycles. The van der Waals surface area contributed by atoms with Crippen molar-refractivity contribution in [1.29, 1.82) is 0 Å². The molecule has 1 rings (SSSR count). The van der Waals surface area contributed by atoms with E-state index in [4.69, 9.17) is 0 Å². The highest BCUT2D eigenvalue weighted by Gasteiger charge is 2.33. The summed E-state index contributed by atoms with van der Waals surface area (Å²) < 4.78 is 35.7. The molecule has 1 saturated carbocycles. The van der Waals surface area contributed by atoms with Crippen LogP contribution in [0.3, 0.4) is 0 Å². The summed E-state index contributed by atoms with van der Waals surface area (Å²) in [7, 11) is 0. The highest BCUT2D eigenvalue weighted by Crippen LogP contribution is 2.31. The summed E-state index contributed by atoms with van der Waals surface area (Å²) >= 11 is 0. The minimum atomic E-state index is -4.31. The number of amides is 1. The first-order valence-corrected chi connectivity index (χ1v) is 6.26. The van der Waals surface area contributed by atoms with Gasteiger partial charge < -0.3 is 10.4 Å². The quantitative estimate of drug-likeness (QED) is 0.821. The van der Waals surface area contributed by atoms with Crippen molar-refractivity contribution >= 4 is 5.91 Å². The molecule has 0 spiro atoms. The Bertz CT molecular complexity index is 294. The number of halogens is 3. The first kappa shape index (κ1) is 15.3. The first-order valence-electron chi connectivity index (χ1n) is 6.26. The van der Waals surface area contributed by atoms with Crippen LogP contribution in [0.2, 0.25) is 0 Å². The van der Waals surface area contributed by atoms with Gasteiger partial charge in [0.25, 0.3) is 0 Å². The summed E-state index contributed by atoms with van der Waals surface area (Å²) in [5, 5.41) is 12.6.